The molecule has 1 amide bonds. The molecule has 0 unspecified atom stereocenters. The lowest BCUT2D eigenvalue weighted by molar-refractivity contribution is -0.119. The number of hydrogen-bond donors (Lipinski definition) is 2. The van der Waals surface area contributed by atoms with Gasteiger partial charge in [0.2, 0.25) is 5.91 Å². The highest BCUT2D eigenvalue weighted by atomic mass is 32.2. The van der Waals surface area contributed by atoms with Gasteiger partial charge in [0.05, 0.1) is 12.4 Å². The molecule has 0 atom stereocenters. The summed E-state index contributed by atoms with van der Waals surface area (Å²) < 4.78 is 5.40. The summed E-state index contributed by atoms with van der Waals surface area (Å²) in [5, 5.41) is 3.10. The summed E-state index contributed by atoms with van der Waals surface area (Å²) in [5.74, 6) is 1.43. The van der Waals surface area contributed by atoms with Crippen molar-refractivity contribution in [2.75, 3.05) is 12.4 Å². The molecule has 2 rings (SSSR count). The number of hydrogen-bond acceptors (Lipinski definition) is 4. The van der Waals surface area contributed by atoms with E-state index >= 15 is 0 Å². The number of nitrogens with one attached hydrogen (secondary N) is 1. The minimum absolute atomic E-state index is 0.106. The summed E-state index contributed by atoms with van der Waals surface area (Å²) in [6.07, 6.45) is 4.02. The third-order valence-electron chi connectivity index (χ3n) is 3.64. The molecule has 0 heterocycles. The van der Waals surface area contributed by atoms with Crippen LogP contribution in [0.2, 0.25) is 0 Å². The first-order chi connectivity index (χ1) is 10.2. The van der Waals surface area contributed by atoms with Crippen LogP contribution < -0.4 is 15.8 Å². The summed E-state index contributed by atoms with van der Waals surface area (Å²) in [4.78, 5) is 13.0. The third-order valence-corrected chi connectivity index (χ3v) is 4.65. The molecule has 0 aromatic heterocycles. The lowest BCUT2D eigenvalue weighted by Crippen LogP contribution is -2.41. The van der Waals surface area contributed by atoms with Gasteiger partial charge in [0.1, 0.15) is 5.75 Å². The standard InChI is InChI=1S/C16H24N2O2S/c1-2-20-14-7-9-15(10-8-14)21-11-16(19)18-13-5-3-12(17)4-6-13/h7-10,12-13H,2-6,11,17H2,1H3,(H,18,19). The van der Waals surface area contributed by atoms with Gasteiger partial charge in [0, 0.05) is 17.0 Å². The summed E-state index contributed by atoms with van der Waals surface area (Å²) in [6, 6.07) is 8.47. The minimum atomic E-state index is 0.106. The van der Waals surface area contributed by atoms with Crippen LogP contribution in [0, 0.1) is 0 Å². The molecule has 1 aliphatic carbocycles. The molecule has 0 radical (unpaired) electrons. The van der Waals surface area contributed by atoms with Crippen LogP contribution in [0.4, 0.5) is 0 Å². The Kier molecular flexibility index (Phi) is 6.39. The fourth-order valence-corrected chi connectivity index (χ4v) is 3.19. The Bertz CT molecular complexity index is 442. The van der Waals surface area contributed by atoms with Crippen molar-refractivity contribution in [1.29, 1.82) is 0 Å². The van der Waals surface area contributed by atoms with Gasteiger partial charge in [-0.1, -0.05) is 0 Å². The van der Waals surface area contributed by atoms with Gasteiger partial charge in [0.15, 0.2) is 0 Å². The predicted octanol–water partition coefficient (Wildman–Crippen LogP) is 2.56. The quantitative estimate of drug-likeness (QED) is 0.793. The molecule has 0 bridgehead atoms. The highest BCUT2D eigenvalue weighted by Crippen LogP contribution is 2.22. The second-order valence-corrected chi connectivity index (χ2v) is 6.42. The molecule has 0 aliphatic heterocycles. The topological polar surface area (TPSA) is 64.3 Å². The van der Waals surface area contributed by atoms with Crippen LogP contribution in [-0.4, -0.2) is 30.4 Å². The predicted molar refractivity (Wildman–Crippen MR) is 86.7 cm³/mol. The molecule has 21 heavy (non-hydrogen) atoms. The first-order valence-electron chi connectivity index (χ1n) is 7.58. The molecular formula is C16H24N2O2S. The fourth-order valence-electron chi connectivity index (χ4n) is 2.48. The van der Waals surface area contributed by atoms with Crippen molar-refractivity contribution in [3.05, 3.63) is 24.3 Å². The largest absolute Gasteiger partial charge is 0.494 e. The van der Waals surface area contributed by atoms with Crippen LogP contribution in [0.3, 0.4) is 0 Å². The van der Waals surface area contributed by atoms with E-state index in [1.807, 2.05) is 31.2 Å². The highest BCUT2D eigenvalue weighted by Gasteiger charge is 2.19. The number of amides is 1. The van der Waals surface area contributed by atoms with E-state index in [0.717, 1.165) is 36.3 Å². The molecule has 1 fully saturated rings. The van der Waals surface area contributed by atoms with Crippen molar-refractivity contribution < 1.29 is 9.53 Å². The Balaban J connectivity index is 1.71. The number of carbonyl (C=O) groups is 1. The second kappa shape index (κ2) is 8.29. The van der Waals surface area contributed by atoms with Crippen molar-refractivity contribution in [3.63, 3.8) is 0 Å². The maximum Gasteiger partial charge on any atom is 0.230 e. The van der Waals surface area contributed by atoms with Crippen molar-refractivity contribution in [3.8, 4) is 5.75 Å². The van der Waals surface area contributed by atoms with Crippen LogP contribution >= 0.6 is 11.8 Å². The van der Waals surface area contributed by atoms with E-state index in [9.17, 15) is 4.79 Å². The van der Waals surface area contributed by atoms with Crippen molar-refractivity contribution in [2.45, 2.75) is 49.6 Å². The molecule has 1 saturated carbocycles. The van der Waals surface area contributed by atoms with Crippen LogP contribution in [0.1, 0.15) is 32.6 Å². The Morgan fingerprint density at radius 2 is 1.95 bits per heavy atom. The smallest absolute Gasteiger partial charge is 0.230 e. The van der Waals surface area contributed by atoms with E-state index in [1.54, 1.807) is 11.8 Å². The zero-order valence-electron chi connectivity index (χ0n) is 12.5. The second-order valence-electron chi connectivity index (χ2n) is 5.37. The first-order valence-corrected chi connectivity index (χ1v) is 8.56. The first kappa shape index (κ1) is 16.2. The van der Waals surface area contributed by atoms with Gasteiger partial charge >= 0.3 is 0 Å². The molecule has 4 nitrogen and oxygen atoms in total. The summed E-state index contributed by atoms with van der Waals surface area (Å²) in [7, 11) is 0. The Morgan fingerprint density at radius 3 is 2.57 bits per heavy atom. The number of carbonyl (C=O) groups excluding carboxylic acids is 1. The fraction of sp³-hybridized carbons (Fsp3) is 0.562. The van der Waals surface area contributed by atoms with Crippen molar-refractivity contribution >= 4 is 17.7 Å². The van der Waals surface area contributed by atoms with Gasteiger partial charge in [-0.2, -0.15) is 0 Å². The maximum atomic E-state index is 11.9. The van der Waals surface area contributed by atoms with E-state index in [1.165, 1.54) is 0 Å². The summed E-state index contributed by atoms with van der Waals surface area (Å²) in [6.45, 7) is 2.63. The SMILES string of the molecule is CCOc1ccc(SCC(=O)NC2CCC(N)CC2)cc1. The van der Waals surface area contributed by atoms with Crippen molar-refractivity contribution in [1.82, 2.24) is 5.32 Å². The molecular weight excluding hydrogens is 284 g/mol. The molecule has 1 aromatic carbocycles. The third kappa shape index (κ3) is 5.59. The van der Waals surface area contributed by atoms with Crippen molar-refractivity contribution in [2.24, 2.45) is 5.73 Å². The molecule has 116 valence electrons. The van der Waals surface area contributed by atoms with Gasteiger partial charge < -0.3 is 15.8 Å². The molecule has 1 aliphatic rings. The Hall–Kier alpha value is -1.20. The average Bonchev–Trinajstić information content (AvgIpc) is 2.49. The zero-order valence-corrected chi connectivity index (χ0v) is 13.3. The zero-order chi connectivity index (χ0) is 15.1. The highest BCUT2D eigenvalue weighted by molar-refractivity contribution is 8.00. The number of ether oxygens (including phenoxy) is 1. The van der Waals surface area contributed by atoms with Gasteiger partial charge in [-0.3, -0.25) is 4.79 Å². The van der Waals surface area contributed by atoms with Crippen LogP contribution in [0.5, 0.6) is 5.75 Å². The number of benzene rings is 1. The normalized spacial score (nSPS) is 21.8. The number of thioether (sulfide) groups is 1. The van der Waals surface area contributed by atoms with E-state index in [0.29, 0.717) is 24.4 Å². The summed E-state index contributed by atoms with van der Waals surface area (Å²) >= 11 is 1.55. The number of nitrogens with two attached hydrogens (primary N) is 1. The molecule has 3 N–H and O–H groups in total. The van der Waals surface area contributed by atoms with Gasteiger partial charge in [-0.25, -0.2) is 0 Å². The minimum Gasteiger partial charge on any atom is -0.494 e. The monoisotopic (exact) mass is 308 g/mol. The van der Waals surface area contributed by atoms with E-state index in [4.69, 9.17) is 10.5 Å². The molecule has 0 saturated heterocycles. The lowest BCUT2D eigenvalue weighted by Gasteiger charge is -2.26. The van der Waals surface area contributed by atoms with Crippen LogP contribution in [0.25, 0.3) is 0 Å². The van der Waals surface area contributed by atoms with Crippen LogP contribution in [-0.2, 0) is 4.79 Å². The average molecular weight is 308 g/mol. The van der Waals surface area contributed by atoms with E-state index in [2.05, 4.69) is 5.32 Å². The summed E-state index contributed by atoms with van der Waals surface area (Å²) in [5.41, 5.74) is 5.87. The molecule has 5 heteroatoms. The van der Waals surface area contributed by atoms with Gasteiger partial charge in [0.25, 0.3) is 0 Å². The Labute approximate surface area is 130 Å². The van der Waals surface area contributed by atoms with Gasteiger partial charge in [-0.05, 0) is 56.9 Å². The molecule has 0 spiro atoms. The van der Waals surface area contributed by atoms with E-state index in [-0.39, 0.29) is 5.91 Å². The van der Waals surface area contributed by atoms with Crippen LogP contribution in [0.15, 0.2) is 29.2 Å². The number of rotatable bonds is 6. The Morgan fingerprint density at radius 1 is 1.29 bits per heavy atom. The lowest BCUT2D eigenvalue weighted by atomic mass is 9.92. The molecule has 1 aromatic rings. The van der Waals surface area contributed by atoms with Gasteiger partial charge in [-0.15, -0.1) is 11.8 Å². The van der Waals surface area contributed by atoms with E-state index < -0.39 is 0 Å². The maximum absolute atomic E-state index is 11.9.